The summed E-state index contributed by atoms with van der Waals surface area (Å²) in [4.78, 5) is 12.0. The summed E-state index contributed by atoms with van der Waals surface area (Å²) < 4.78 is 1.36. The Morgan fingerprint density at radius 3 is 2.74 bits per heavy atom. The molecule has 1 amide bonds. The van der Waals surface area contributed by atoms with Crippen molar-refractivity contribution in [1.82, 2.24) is 25.2 Å². The normalized spacial score (nSPS) is 10.8. The van der Waals surface area contributed by atoms with E-state index in [-0.39, 0.29) is 5.82 Å². The number of halogens is 1. The predicted molar refractivity (Wildman–Crippen MR) is 70.8 cm³/mol. The van der Waals surface area contributed by atoms with Crippen LogP contribution in [0.2, 0.25) is 5.02 Å². The Labute approximate surface area is 116 Å². The van der Waals surface area contributed by atoms with Crippen molar-refractivity contribution >= 4 is 33.8 Å². The summed E-state index contributed by atoms with van der Waals surface area (Å²) in [5.74, 6) is 4.58. The van der Waals surface area contributed by atoms with Crippen LogP contribution in [0, 0.1) is 0 Å². The number of nitrogen functional groups attached to an aromatic ring is 1. The number of hydrogen-bond acceptors (Lipinski definition) is 6. The first-order valence-corrected chi connectivity index (χ1v) is 6.37. The van der Waals surface area contributed by atoms with Gasteiger partial charge in [-0.1, -0.05) is 35.1 Å². The lowest BCUT2D eigenvalue weighted by Gasteiger charge is -1.95. The molecule has 2 heterocycles. The fourth-order valence-electron chi connectivity index (χ4n) is 1.53. The van der Waals surface area contributed by atoms with Crippen molar-refractivity contribution in [3.63, 3.8) is 0 Å². The van der Waals surface area contributed by atoms with Crippen LogP contribution in [-0.2, 0) is 0 Å². The lowest BCUT2D eigenvalue weighted by Crippen LogP contribution is -2.31. The first kappa shape index (κ1) is 12.0. The van der Waals surface area contributed by atoms with E-state index in [2.05, 4.69) is 15.3 Å². The molecule has 0 atom stereocenters. The maximum absolute atomic E-state index is 11.5. The number of hydrogen-bond donors (Lipinski definition) is 2. The lowest BCUT2D eigenvalue weighted by atomic mass is 10.2. The Morgan fingerprint density at radius 1 is 1.32 bits per heavy atom. The molecule has 0 aliphatic carbocycles. The van der Waals surface area contributed by atoms with Crippen LogP contribution in [0.25, 0.3) is 15.5 Å². The standard InChI is InChI=1S/C10H7ClN6OS/c11-6-3-1-5(2-4-6)9-16-17-7(8(18)13-12)14-15-10(17)19-9/h1-4H,12H2,(H,13,18). The first-order chi connectivity index (χ1) is 9.19. The largest absolute Gasteiger partial charge is 0.304 e. The molecule has 0 radical (unpaired) electrons. The van der Waals surface area contributed by atoms with Crippen LogP contribution in [0.15, 0.2) is 24.3 Å². The van der Waals surface area contributed by atoms with Gasteiger partial charge in [-0.25, -0.2) is 5.84 Å². The highest BCUT2D eigenvalue weighted by atomic mass is 35.5. The summed E-state index contributed by atoms with van der Waals surface area (Å²) in [5, 5.41) is 13.3. The van der Waals surface area contributed by atoms with Crippen LogP contribution in [-0.4, -0.2) is 25.7 Å². The molecule has 3 aromatic rings. The maximum Gasteiger partial charge on any atom is 0.304 e. The molecular weight excluding hydrogens is 288 g/mol. The van der Waals surface area contributed by atoms with Gasteiger partial charge in [0, 0.05) is 10.6 Å². The zero-order valence-electron chi connectivity index (χ0n) is 9.37. The Morgan fingerprint density at radius 2 is 2.05 bits per heavy atom. The van der Waals surface area contributed by atoms with E-state index in [4.69, 9.17) is 17.4 Å². The van der Waals surface area contributed by atoms with E-state index < -0.39 is 5.91 Å². The van der Waals surface area contributed by atoms with Crippen molar-refractivity contribution in [2.24, 2.45) is 5.84 Å². The minimum atomic E-state index is -0.541. The van der Waals surface area contributed by atoms with Crippen molar-refractivity contribution in [2.75, 3.05) is 0 Å². The molecule has 0 saturated carbocycles. The quantitative estimate of drug-likeness (QED) is 0.419. The number of nitrogens with one attached hydrogen (secondary N) is 1. The third kappa shape index (κ3) is 2.05. The van der Waals surface area contributed by atoms with E-state index in [0.29, 0.717) is 15.0 Å². The van der Waals surface area contributed by atoms with Gasteiger partial charge in [0.25, 0.3) is 0 Å². The number of benzene rings is 1. The van der Waals surface area contributed by atoms with E-state index >= 15 is 0 Å². The molecule has 0 unspecified atom stereocenters. The fourth-order valence-corrected chi connectivity index (χ4v) is 2.50. The molecule has 9 heteroatoms. The summed E-state index contributed by atoms with van der Waals surface area (Å²) in [6.45, 7) is 0. The minimum absolute atomic E-state index is 0.0500. The number of nitrogens with zero attached hydrogens (tertiary/aromatic N) is 4. The van der Waals surface area contributed by atoms with Crippen LogP contribution in [0.4, 0.5) is 0 Å². The van der Waals surface area contributed by atoms with Gasteiger partial charge < -0.3 is 0 Å². The average molecular weight is 295 g/mol. The predicted octanol–water partition coefficient (Wildman–Crippen LogP) is 1.11. The Hall–Kier alpha value is -2.03. The van der Waals surface area contributed by atoms with Crippen LogP contribution in [0.3, 0.4) is 0 Å². The molecule has 0 saturated heterocycles. The Balaban J connectivity index is 2.09. The Bertz CT molecular complexity index is 749. The van der Waals surface area contributed by atoms with E-state index in [9.17, 15) is 4.79 Å². The highest BCUT2D eigenvalue weighted by molar-refractivity contribution is 7.19. The highest BCUT2D eigenvalue weighted by Gasteiger charge is 2.17. The van der Waals surface area contributed by atoms with Gasteiger partial charge in [-0.15, -0.1) is 10.2 Å². The zero-order chi connectivity index (χ0) is 13.4. The summed E-state index contributed by atoms with van der Waals surface area (Å²) in [6, 6.07) is 7.23. The molecule has 0 bridgehead atoms. The van der Waals surface area contributed by atoms with Gasteiger partial charge in [0.2, 0.25) is 10.8 Å². The maximum atomic E-state index is 11.5. The summed E-state index contributed by atoms with van der Waals surface area (Å²) in [6.07, 6.45) is 0. The van der Waals surface area contributed by atoms with E-state index in [0.717, 1.165) is 5.56 Å². The van der Waals surface area contributed by atoms with Gasteiger partial charge in [0.1, 0.15) is 5.01 Å². The third-order valence-corrected chi connectivity index (χ3v) is 3.62. The van der Waals surface area contributed by atoms with E-state index in [1.54, 1.807) is 12.1 Å². The molecule has 7 nitrogen and oxygen atoms in total. The van der Waals surface area contributed by atoms with Crippen molar-refractivity contribution in [1.29, 1.82) is 0 Å². The number of rotatable bonds is 2. The number of amides is 1. The van der Waals surface area contributed by atoms with Crippen LogP contribution in [0.1, 0.15) is 10.6 Å². The number of fused-ring (bicyclic) bond motifs is 1. The van der Waals surface area contributed by atoms with E-state index in [1.807, 2.05) is 17.6 Å². The highest BCUT2D eigenvalue weighted by Crippen LogP contribution is 2.26. The van der Waals surface area contributed by atoms with Crippen molar-refractivity contribution < 1.29 is 4.79 Å². The van der Waals surface area contributed by atoms with Crippen molar-refractivity contribution in [2.45, 2.75) is 0 Å². The molecule has 1 aromatic carbocycles. The second-order valence-electron chi connectivity index (χ2n) is 3.61. The van der Waals surface area contributed by atoms with Gasteiger partial charge in [0.05, 0.1) is 0 Å². The average Bonchev–Trinajstić information content (AvgIpc) is 2.98. The molecule has 3 N–H and O–H groups in total. The molecular formula is C10H7ClN6OS. The van der Waals surface area contributed by atoms with Gasteiger partial charge >= 0.3 is 5.91 Å². The summed E-state index contributed by atoms with van der Waals surface area (Å²) in [5.41, 5.74) is 2.89. The van der Waals surface area contributed by atoms with Gasteiger partial charge in [0.15, 0.2) is 0 Å². The second kappa shape index (κ2) is 4.57. The number of carbonyl (C=O) groups is 1. The second-order valence-corrected chi connectivity index (χ2v) is 5.00. The molecule has 0 aliphatic rings. The Kier molecular flexibility index (Phi) is 2.90. The molecule has 3 rings (SSSR count). The van der Waals surface area contributed by atoms with Crippen LogP contribution >= 0.6 is 22.9 Å². The van der Waals surface area contributed by atoms with Crippen LogP contribution < -0.4 is 11.3 Å². The summed E-state index contributed by atoms with van der Waals surface area (Å²) >= 11 is 7.15. The third-order valence-electron chi connectivity index (χ3n) is 2.42. The van der Waals surface area contributed by atoms with Gasteiger partial charge in [-0.2, -0.15) is 9.61 Å². The minimum Gasteiger partial charge on any atom is -0.287 e. The van der Waals surface area contributed by atoms with Crippen molar-refractivity contribution in [3.05, 3.63) is 35.1 Å². The first-order valence-electron chi connectivity index (χ1n) is 5.18. The summed E-state index contributed by atoms with van der Waals surface area (Å²) in [7, 11) is 0. The number of aromatic nitrogens is 4. The molecule has 19 heavy (non-hydrogen) atoms. The zero-order valence-corrected chi connectivity index (χ0v) is 10.9. The number of hydrazine groups is 1. The van der Waals surface area contributed by atoms with E-state index in [1.165, 1.54) is 15.9 Å². The number of nitrogens with two attached hydrogens (primary N) is 1. The van der Waals surface area contributed by atoms with Gasteiger partial charge in [-0.05, 0) is 12.1 Å². The SMILES string of the molecule is NNC(=O)c1nnc2sc(-c3ccc(Cl)cc3)nn12. The van der Waals surface area contributed by atoms with Crippen LogP contribution in [0.5, 0.6) is 0 Å². The smallest absolute Gasteiger partial charge is 0.287 e. The fraction of sp³-hybridized carbons (Fsp3) is 0. The molecule has 96 valence electrons. The lowest BCUT2D eigenvalue weighted by molar-refractivity contribution is 0.0941. The van der Waals surface area contributed by atoms with Gasteiger partial charge in [-0.3, -0.25) is 10.2 Å². The van der Waals surface area contributed by atoms with Crippen molar-refractivity contribution in [3.8, 4) is 10.6 Å². The topological polar surface area (TPSA) is 98.2 Å². The molecule has 0 spiro atoms. The molecule has 0 aliphatic heterocycles. The number of carbonyl (C=O) groups excluding carboxylic acids is 1. The molecule has 2 aromatic heterocycles. The molecule has 0 fully saturated rings. The monoisotopic (exact) mass is 294 g/mol.